The second kappa shape index (κ2) is 7.98. The molecule has 0 unspecified atom stereocenters. The molecule has 0 saturated carbocycles. The Hall–Kier alpha value is -3.06. The molecule has 0 atom stereocenters. The van der Waals surface area contributed by atoms with Crippen LogP contribution < -0.4 is 15.4 Å². The molecule has 3 aromatic rings. The van der Waals surface area contributed by atoms with Crippen molar-refractivity contribution in [2.45, 2.75) is 6.54 Å². The van der Waals surface area contributed by atoms with Gasteiger partial charge in [0, 0.05) is 19.6 Å². The third kappa shape index (κ3) is 4.47. The van der Waals surface area contributed by atoms with E-state index in [1.807, 2.05) is 30.3 Å². The molecule has 7 nitrogen and oxygen atoms in total. The molecule has 24 heavy (non-hydrogen) atoms. The van der Waals surface area contributed by atoms with Crippen LogP contribution in [0.3, 0.4) is 0 Å². The van der Waals surface area contributed by atoms with Gasteiger partial charge >= 0.3 is 6.09 Å². The lowest BCUT2D eigenvalue weighted by Gasteiger charge is -2.06. The minimum atomic E-state index is -0.587. The van der Waals surface area contributed by atoms with Gasteiger partial charge in [0.1, 0.15) is 0 Å². The summed E-state index contributed by atoms with van der Waals surface area (Å²) in [4.78, 5) is 11.7. The van der Waals surface area contributed by atoms with Crippen LogP contribution >= 0.6 is 0 Å². The monoisotopic (exact) mass is 327 g/mol. The number of rotatable bonds is 7. The lowest BCUT2D eigenvalue weighted by atomic mass is 10.2. The quantitative estimate of drug-likeness (QED) is 0.649. The van der Waals surface area contributed by atoms with Gasteiger partial charge < -0.3 is 24.3 Å². The summed E-state index contributed by atoms with van der Waals surface area (Å²) in [7, 11) is 0. The van der Waals surface area contributed by atoms with Gasteiger partial charge in [-0.05, 0) is 22.9 Å². The fourth-order valence-corrected chi connectivity index (χ4v) is 2.05. The fraction of sp³-hybridized carbons (Fsp3) is 0.176. The van der Waals surface area contributed by atoms with Gasteiger partial charge in [0.15, 0.2) is 5.76 Å². The van der Waals surface area contributed by atoms with Crippen molar-refractivity contribution < 1.29 is 18.5 Å². The number of benzene rings is 1. The highest BCUT2D eigenvalue weighted by Gasteiger charge is 2.12. The predicted molar refractivity (Wildman–Crippen MR) is 86.4 cm³/mol. The van der Waals surface area contributed by atoms with Crippen LogP contribution in [0.2, 0.25) is 0 Å². The Morgan fingerprint density at radius 1 is 1.08 bits per heavy atom. The first kappa shape index (κ1) is 15.8. The zero-order valence-electron chi connectivity index (χ0n) is 12.9. The first-order chi connectivity index (χ1) is 11.8. The average molecular weight is 327 g/mol. The van der Waals surface area contributed by atoms with Crippen LogP contribution in [0.5, 0.6) is 5.88 Å². The number of aromatic nitrogens is 1. The molecular formula is C17H17N3O4. The van der Waals surface area contributed by atoms with Crippen molar-refractivity contribution >= 4 is 6.09 Å². The molecule has 3 rings (SSSR count). The van der Waals surface area contributed by atoms with Crippen LogP contribution in [-0.4, -0.2) is 24.3 Å². The van der Waals surface area contributed by atoms with E-state index in [-0.39, 0.29) is 5.88 Å². The minimum Gasteiger partial charge on any atom is -0.461 e. The molecule has 2 aromatic heterocycles. The van der Waals surface area contributed by atoms with Crippen molar-refractivity contribution in [3.63, 3.8) is 0 Å². The number of hydrogen-bond donors (Lipinski definition) is 2. The van der Waals surface area contributed by atoms with Gasteiger partial charge in [-0.3, -0.25) is 0 Å². The van der Waals surface area contributed by atoms with Crippen molar-refractivity contribution in [2.75, 3.05) is 13.1 Å². The van der Waals surface area contributed by atoms with E-state index < -0.39 is 6.09 Å². The number of hydrogen-bond acceptors (Lipinski definition) is 6. The molecule has 2 heterocycles. The Balaban J connectivity index is 1.35. The summed E-state index contributed by atoms with van der Waals surface area (Å²) < 4.78 is 15.2. The number of carbonyl (C=O) groups is 1. The van der Waals surface area contributed by atoms with Crippen LogP contribution in [0.15, 0.2) is 63.7 Å². The Morgan fingerprint density at radius 2 is 1.96 bits per heavy atom. The lowest BCUT2D eigenvalue weighted by Crippen LogP contribution is -2.33. The topological polar surface area (TPSA) is 89.5 Å². The maximum Gasteiger partial charge on any atom is 0.414 e. The zero-order valence-corrected chi connectivity index (χ0v) is 12.9. The molecule has 0 bridgehead atoms. The molecule has 0 saturated heterocycles. The highest BCUT2D eigenvalue weighted by atomic mass is 16.6. The van der Waals surface area contributed by atoms with Crippen molar-refractivity contribution in [1.82, 2.24) is 15.8 Å². The first-order valence-corrected chi connectivity index (χ1v) is 7.52. The summed E-state index contributed by atoms with van der Waals surface area (Å²) in [6.07, 6.45) is 0.934. The van der Waals surface area contributed by atoms with Crippen LogP contribution in [0.4, 0.5) is 4.79 Å². The third-order valence-electron chi connectivity index (χ3n) is 3.19. The highest BCUT2D eigenvalue weighted by molar-refractivity contribution is 5.70. The Kier molecular flexibility index (Phi) is 5.26. The molecule has 124 valence electrons. The SMILES string of the molecule is O=C(NCCNCc1ccccc1)Oc1cc(-c2ccco2)on1. The minimum absolute atomic E-state index is 0.0798. The normalized spacial score (nSPS) is 10.5. The number of amides is 1. The smallest absolute Gasteiger partial charge is 0.414 e. The number of ether oxygens (including phenoxy) is 1. The lowest BCUT2D eigenvalue weighted by molar-refractivity contribution is 0.196. The van der Waals surface area contributed by atoms with Crippen molar-refractivity contribution in [3.8, 4) is 17.4 Å². The van der Waals surface area contributed by atoms with Gasteiger partial charge in [0.2, 0.25) is 5.76 Å². The van der Waals surface area contributed by atoms with Crippen LogP contribution in [0.1, 0.15) is 5.56 Å². The molecular weight excluding hydrogens is 310 g/mol. The van der Waals surface area contributed by atoms with E-state index in [1.165, 1.54) is 17.9 Å². The highest BCUT2D eigenvalue weighted by Crippen LogP contribution is 2.23. The third-order valence-corrected chi connectivity index (χ3v) is 3.19. The largest absolute Gasteiger partial charge is 0.461 e. The maximum absolute atomic E-state index is 11.7. The van der Waals surface area contributed by atoms with E-state index in [0.29, 0.717) is 24.6 Å². The Morgan fingerprint density at radius 3 is 2.75 bits per heavy atom. The van der Waals surface area contributed by atoms with Crippen LogP contribution in [-0.2, 0) is 6.54 Å². The second-order valence-corrected chi connectivity index (χ2v) is 4.99. The summed E-state index contributed by atoms with van der Waals surface area (Å²) in [5.41, 5.74) is 1.19. The zero-order chi connectivity index (χ0) is 16.6. The maximum atomic E-state index is 11.7. The summed E-state index contributed by atoms with van der Waals surface area (Å²) in [6, 6.07) is 15.0. The van der Waals surface area contributed by atoms with Gasteiger partial charge in [-0.2, -0.15) is 0 Å². The summed E-state index contributed by atoms with van der Waals surface area (Å²) >= 11 is 0. The van der Waals surface area contributed by atoms with E-state index in [4.69, 9.17) is 13.7 Å². The number of furan rings is 1. The number of nitrogens with zero attached hydrogens (tertiary/aromatic N) is 1. The predicted octanol–water partition coefficient (Wildman–Crippen LogP) is 2.81. The second-order valence-electron chi connectivity index (χ2n) is 4.99. The first-order valence-electron chi connectivity index (χ1n) is 7.52. The average Bonchev–Trinajstić information content (AvgIpc) is 3.27. The van der Waals surface area contributed by atoms with E-state index >= 15 is 0 Å². The molecule has 7 heteroatoms. The van der Waals surface area contributed by atoms with E-state index in [2.05, 4.69) is 15.8 Å². The summed E-state index contributed by atoms with van der Waals surface area (Å²) in [6.45, 7) is 1.81. The fourth-order valence-electron chi connectivity index (χ4n) is 2.05. The molecule has 0 radical (unpaired) electrons. The van der Waals surface area contributed by atoms with Crippen LogP contribution in [0.25, 0.3) is 11.5 Å². The standard InChI is InChI=1S/C17H17N3O4/c21-17(19-9-8-18-12-13-5-2-1-3-6-13)23-16-11-15(24-20-16)14-7-4-10-22-14/h1-7,10-11,18H,8-9,12H2,(H,19,21). The molecule has 0 fully saturated rings. The van der Waals surface area contributed by atoms with Gasteiger partial charge in [0.05, 0.1) is 12.3 Å². The van der Waals surface area contributed by atoms with Crippen molar-refractivity contribution in [1.29, 1.82) is 0 Å². The van der Waals surface area contributed by atoms with Crippen LogP contribution in [0, 0.1) is 0 Å². The summed E-state index contributed by atoms with van der Waals surface area (Å²) in [5, 5.41) is 9.52. The molecule has 0 aliphatic rings. The Labute approximate surface area is 138 Å². The number of nitrogens with one attached hydrogen (secondary N) is 2. The number of carbonyl (C=O) groups excluding carboxylic acids is 1. The molecule has 1 amide bonds. The Bertz CT molecular complexity index is 753. The van der Waals surface area contributed by atoms with E-state index in [0.717, 1.165) is 6.54 Å². The van der Waals surface area contributed by atoms with Crippen molar-refractivity contribution in [3.05, 3.63) is 60.4 Å². The van der Waals surface area contributed by atoms with Gasteiger partial charge in [-0.15, -0.1) is 0 Å². The van der Waals surface area contributed by atoms with Crippen molar-refractivity contribution in [2.24, 2.45) is 0 Å². The van der Waals surface area contributed by atoms with E-state index in [9.17, 15) is 4.79 Å². The van der Waals surface area contributed by atoms with Gasteiger partial charge in [0.25, 0.3) is 5.88 Å². The molecule has 0 spiro atoms. The molecule has 1 aromatic carbocycles. The molecule has 2 N–H and O–H groups in total. The molecule has 0 aliphatic heterocycles. The summed E-state index contributed by atoms with van der Waals surface area (Å²) in [5.74, 6) is 0.992. The van der Waals surface area contributed by atoms with E-state index in [1.54, 1.807) is 12.1 Å². The van der Waals surface area contributed by atoms with Gasteiger partial charge in [-0.1, -0.05) is 30.3 Å². The molecule has 0 aliphatic carbocycles. The van der Waals surface area contributed by atoms with Gasteiger partial charge in [-0.25, -0.2) is 4.79 Å².